The standard InChI is InChI=1S/C27H34N4O2/c1-17-4-7-20(28-15-17)14-22(32)12-18-5-6-19-13-24-26(25(18)19)27(30-16-29-24)33-23-10-8-21(9-11-23)31(2)3/h4,7,15-16,18,21,23H,5-6,8-14H2,1-3H3/t18-,21?,23?/m0/s1. The minimum Gasteiger partial charge on any atom is -0.474 e. The number of Topliss-reactive ketones (excluding diaryl/α,β-unsaturated/α-hetero) is 1. The van der Waals surface area contributed by atoms with Gasteiger partial charge in [0.1, 0.15) is 18.2 Å². The number of rotatable bonds is 7. The highest BCUT2D eigenvalue weighted by Crippen LogP contribution is 2.50. The summed E-state index contributed by atoms with van der Waals surface area (Å²) in [6.07, 6.45) is 12.0. The van der Waals surface area contributed by atoms with Gasteiger partial charge in [0, 0.05) is 37.2 Å². The predicted molar refractivity (Wildman–Crippen MR) is 128 cm³/mol. The highest BCUT2D eigenvalue weighted by Gasteiger charge is 2.37. The first kappa shape index (κ1) is 22.2. The number of fused-ring (bicyclic) bond motifs is 2. The van der Waals surface area contributed by atoms with Crippen molar-refractivity contribution in [3.63, 3.8) is 0 Å². The number of nitrogens with zero attached hydrogens (tertiary/aromatic N) is 4. The van der Waals surface area contributed by atoms with Crippen LogP contribution in [0, 0.1) is 12.8 Å². The Bertz CT molecular complexity index is 1050. The van der Waals surface area contributed by atoms with Crippen LogP contribution in [0.1, 0.15) is 67.5 Å². The van der Waals surface area contributed by atoms with Crippen LogP contribution in [0.4, 0.5) is 0 Å². The van der Waals surface area contributed by atoms with Gasteiger partial charge in [-0.1, -0.05) is 11.6 Å². The van der Waals surface area contributed by atoms with E-state index in [1.807, 2.05) is 25.3 Å². The third kappa shape index (κ3) is 4.72. The SMILES string of the molecule is Cc1ccc(CC(=O)C[C@@H]2CCC3=C2c2c(ncnc2OC2CCC(N(C)C)CC2)C3)nc1. The molecule has 33 heavy (non-hydrogen) atoms. The van der Waals surface area contributed by atoms with Crippen LogP contribution in [-0.4, -0.2) is 51.9 Å². The fourth-order valence-corrected chi connectivity index (χ4v) is 5.77. The van der Waals surface area contributed by atoms with Crippen LogP contribution in [0.5, 0.6) is 5.88 Å². The molecule has 3 aliphatic rings. The molecule has 2 aromatic rings. The summed E-state index contributed by atoms with van der Waals surface area (Å²) >= 11 is 0. The Morgan fingerprint density at radius 3 is 2.64 bits per heavy atom. The number of carbonyl (C=O) groups is 1. The second kappa shape index (κ2) is 9.34. The Balaban J connectivity index is 1.29. The molecule has 0 saturated heterocycles. The zero-order valence-corrected chi connectivity index (χ0v) is 20.0. The highest BCUT2D eigenvalue weighted by molar-refractivity contribution is 5.87. The third-order valence-corrected chi connectivity index (χ3v) is 7.60. The van der Waals surface area contributed by atoms with E-state index in [4.69, 9.17) is 4.74 Å². The smallest absolute Gasteiger partial charge is 0.224 e. The Hall–Kier alpha value is -2.60. The first-order chi connectivity index (χ1) is 16.0. The number of hydrogen-bond donors (Lipinski definition) is 0. The number of ketones is 1. The number of pyridine rings is 1. The largest absolute Gasteiger partial charge is 0.474 e. The summed E-state index contributed by atoms with van der Waals surface area (Å²) in [6.45, 7) is 2.01. The maximum absolute atomic E-state index is 12.9. The number of carbonyl (C=O) groups excluding carboxylic acids is 1. The zero-order chi connectivity index (χ0) is 22.9. The number of aryl methyl sites for hydroxylation is 1. The monoisotopic (exact) mass is 446 g/mol. The molecule has 1 saturated carbocycles. The maximum Gasteiger partial charge on any atom is 0.224 e. The third-order valence-electron chi connectivity index (χ3n) is 7.60. The van der Waals surface area contributed by atoms with Crippen LogP contribution in [0.25, 0.3) is 5.57 Å². The van der Waals surface area contributed by atoms with Crippen molar-refractivity contribution in [3.8, 4) is 5.88 Å². The molecule has 0 bridgehead atoms. The topological polar surface area (TPSA) is 68.2 Å². The van der Waals surface area contributed by atoms with E-state index < -0.39 is 0 Å². The Kier molecular flexibility index (Phi) is 6.28. The molecular formula is C27H34N4O2. The molecule has 3 aliphatic carbocycles. The second-order valence-electron chi connectivity index (χ2n) is 10.2. The van der Waals surface area contributed by atoms with Gasteiger partial charge in [-0.2, -0.15) is 0 Å². The molecule has 2 heterocycles. The minimum atomic E-state index is 0.207. The van der Waals surface area contributed by atoms with E-state index in [2.05, 4.69) is 33.9 Å². The maximum atomic E-state index is 12.9. The van der Waals surface area contributed by atoms with Crippen molar-refractivity contribution in [1.82, 2.24) is 19.9 Å². The molecule has 0 unspecified atom stereocenters. The van der Waals surface area contributed by atoms with Crippen LogP contribution in [0.15, 0.2) is 30.2 Å². The molecule has 6 heteroatoms. The molecule has 0 spiro atoms. The van der Waals surface area contributed by atoms with Crippen LogP contribution in [-0.2, 0) is 17.6 Å². The van der Waals surface area contributed by atoms with E-state index >= 15 is 0 Å². The van der Waals surface area contributed by atoms with Gasteiger partial charge in [-0.3, -0.25) is 9.78 Å². The quantitative estimate of drug-likeness (QED) is 0.630. The van der Waals surface area contributed by atoms with Crippen molar-refractivity contribution >= 4 is 11.4 Å². The van der Waals surface area contributed by atoms with Crippen molar-refractivity contribution in [3.05, 3.63) is 52.7 Å². The first-order valence-corrected chi connectivity index (χ1v) is 12.3. The number of ether oxygens (including phenoxy) is 1. The normalized spacial score (nSPS) is 24.2. The Morgan fingerprint density at radius 2 is 1.91 bits per heavy atom. The van der Waals surface area contributed by atoms with Gasteiger partial charge in [0.05, 0.1) is 11.3 Å². The van der Waals surface area contributed by atoms with Gasteiger partial charge in [-0.15, -0.1) is 0 Å². The molecule has 5 rings (SSSR count). The molecule has 174 valence electrons. The summed E-state index contributed by atoms with van der Waals surface area (Å²) in [5.74, 6) is 1.22. The highest BCUT2D eigenvalue weighted by atomic mass is 16.5. The summed E-state index contributed by atoms with van der Waals surface area (Å²) in [4.78, 5) is 28.8. The van der Waals surface area contributed by atoms with Crippen molar-refractivity contribution in [2.75, 3.05) is 14.1 Å². The number of allylic oxidation sites excluding steroid dienone is 2. The predicted octanol–water partition coefficient (Wildman–Crippen LogP) is 4.35. The van der Waals surface area contributed by atoms with Crippen LogP contribution < -0.4 is 4.74 Å². The summed E-state index contributed by atoms with van der Waals surface area (Å²) in [7, 11) is 4.32. The molecule has 0 radical (unpaired) electrons. The van der Waals surface area contributed by atoms with E-state index in [0.29, 0.717) is 18.9 Å². The number of hydrogen-bond acceptors (Lipinski definition) is 6. The molecule has 0 aliphatic heterocycles. The van der Waals surface area contributed by atoms with Crippen LogP contribution in [0.2, 0.25) is 0 Å². The van der Waals surface area contributed by atoms with E-state index in [9.17, 15) is 4.79 Å². The molecular weight excluding hydrogens is 412 g/mol. The van der Waals surface area contributed by atoms with E-state index in [1.54, 1.807) is 6.33 Å². The van der Waals surface area contributed by atoms with Crippen molar-refractivity contribution in [2.45, 2.75) is 76.9 Å². The van der Waals surface area contributed by atoms with E-state index in [-0.39, 0.29) is 17.8 Å². The van der Waals surface area contributed by atoms with Gasteiger partial charge in [0.2, 0.25) is 5.88 Å². The minimum absolute atomic E-state index is 0.207. The van der Waals surface area contributed by atoms with E-state index in [1.165, 1.54) is 11.1 Å². The first-order valence-electron chi connectivity index (χ1n) is 12.3. The van der Waals surface area contributed by atoms with Crippen LogP contribution >= 0.6 is 0 Å². The number of aromatic nitrogens is 3. The second-order valence-corrected chi connectivity index (χ2v) is 10.2. The summed E-state index contributed by atoms with van der Waals surface area (Å²) in [5.41, 5.74) is 6.86. The molecule has 2 aromatic heterocycles. The summed E-state index contributed by atoms with van der Waals surface area (Å²) in [6, 6.07) is 4.62. The summed E-state index contributed by atoms with van der Waals surface area (Å²) < 4.78 is 6.50. The fourth-order valence-electron chi connectivity index (χ4n) is 5.77. The average molecular weight is 447 g/mol. The van der Waals surface area contributed by atoms with Gasteiger partial charge >= 0.3 is 0 Å². The van der Waals surface area contributed by atoms with Crippen LogP contribution in [0.3, 0.4) is 0 Å². The van der Waals surface area contributed by atoms with E-state index in [0.717, 1.165) is 73.3 Å². The fraction of sp³-hybridized carbons (Fsp3) is 0.556. The van der Waals surface area contributed by atoms with Gasteiger partial charge in [-0.25, -0.2) is 9.97 Å². The summed E-state index contributed by atoms with van der Waals surface area (Å²) in [5, 5.41) is 0. The lowest BCUT2D eigenvalue weighted by molar-refractivity contribution is -0.119. The molecule has 0 amide bonds. The molecule has 1 atom stereocenters. The molecule has 6 nitrogen and oxygen atoms in total. The lowest BCUT2D eigenvalue weighted by Gasteiger charge is -2.32. The average Bonchev–Trinajstić information content (AvgIpc) is 3.36. The Labute approximate surface area is 196 Å². The van der Waals surface area contributed by atoms with Gasteiger partial charge in [0.25, 0.3) is 0 Å². The zero-order valence-electron chi connectivity index (χ0n) is 20.0. The van der Waals surface area contributed by atoms with Gasteiger partial charge in [-0.05, 0) is 82.7 Å². The lowest BCUT2D eigenvalue weighted by atomic mass is 9.90. The van der Waals surface area contributed by atoms with Crippen molar-refractivity contribution < 1.29 is 9.53 Å². The van der Waals surface area contributed by atoms with Gasteiger partial charge in [0.15, 0.2) is 0 Å². The molecule has 0 N–H and O–H groups in total. The lowest BCUT2D eigenvalue weighted by Crippen LogP contribution is -2.35. The van der Waals surface area contributed by atoms with Crippen molar-refractivity contribution in [2.24, 2.45) is 5.92 Å². The van der Waals surface area contributed by atoms with Crippen molar-refractivity contribution in [1.29, 1.82) is 0 Å². The molecule has 0 aromatic carbocycles. The molecule has 1 fully saturated rings. The Morgan fingerprint density at radius 1 is 1.09 bits per heavy atom. The van der Waals surface area contributed by atoms with Gasteiger partial charge < -0.3 is 9.64 Å².